The second-order valence-electron chi connectivity index (χ2n) is 9.83. The first-order chi connectivity index (χ1) is 10.1. The molecule has 0 heterocycles. The zero-order chi connectivity index (χ0) is 16.4. The minimum atomic E-state index is -0.723. The standard InChI is InChI=1S/C20H34O2/c1-6-18(4)11-8-15-19(5)10-7-9-17(2,3)16(19)14(21)12-20(15,22)13-18/h6,14-16,21-22H,1,7-13H2,2-5H3/t14-,15-,16+,18+,19-,20-/m1/s1. The summed E-state index contributed by atoms with van der Waals surface area (Å²) in [7, 11) is 0. The van der Waals surface area contributed by atoms with Crippen molar-refractivity contribution in [3.8, 4) is 0 Å². The fourth-order valence-corrected chi connectivity index (χ4v) is 6.95. The minimum absolute atomic E-state index is 0.0123. The molecule has 0 aromatic carbocycles. The maximum Gasteiger partial charge on any atom is 0.0714 e. The molecule has 0 spiro atoms. The van der Waals surface area contributed by atoms with Gasteiger partial charge in [0.2, 0.25) is 0 Å². The van der Waals surface area contributed by atoms with Crippen molar-refractivity contribution in [1.82, 2.24) is 0 Å². The van der Waals surface area contributed by atoms with Gasteiger partial charge in [-0.25, -0.2) is 0 Å². The van der Waals surface area contributed by atoms with Gasteiger partial charge in [-0.05, 0) is 60.2 Å². The first-order valence-corrected chi connectivity index (χ1v) is 9.10. The van der Waals surface area contributed by atoms with Gasteiger partial charge in [-0.1, -0.05) is 40.2 Å². The summed E-state index contributed by atoms with van der Waals surface area (Å²) in [5.41, 5.74) is -0.471. The number of allylic oxidation sites excluding steroid dienone is 1. The third kappa shape index (κ3) is 2.21. The van der Waals surface area contributed by atoms with Crippen LogP contribution < -0.4 is 0 Å². The van der Waals surface area contributed by atoms with Crippen LogP contribution in [0.2, 0.25) is 0 Å². The summed E-state index contributed by atoms with van der Waals surface area (Å²) >= 11 is 0. The monoisotopic (exact) mass is 306 g/mol. The lowest BCUT2D eigenvalue weighted by Crippen LogP contribution is -2.65. The van der Waals surface area contributed by atoms with E-state index in [9.17, 15) is 10.2 Å². The Balaban J connectivity index is 2.00. The van der Waals surface area contributed by atoms with Crippen molar-refractivity contribution < 1.29 is 10.2 Å². The number of aliphatic hydroxyl groups is 2. The summed E-state index contributed by atoms with van der Waals surface area (Å²) in [6.07, 6.45) is 8.69. The fraction of sp³-hybridized carbons (Fsp3) is 0.900. The number of hydrogen-bond donors (Lipinski definition) is 2. The van der Waals surface area contributed by atoms with Crippen molar-refractivity contribution in [2.24, 2.45) is 28.1 Å². The fourth-order valence-electron chi connectivity index (χ4n) is 6.95. The lowest BCUT2D eigenvalue weighted by Gasteiger charge is -2.66. The molecule has 6 atom stereocenters. The van der Waals surface area contributed by atoms with Gasteiger partial charge in [-0.2, -0.15) is 0 Å². The van der Waals surface area contributed by atoms with Gasteiger partial charge in [-0.3, -0.25) is 0 Å². The molecule has 3 aliphatic carbocycles. The second-order valence-corrected chi connectivity index (χ2v) is 9.83. The Morgan fingerprint density at radius 2 is 1.77 bits per heavy atom. The zero-order valence-corrected chi connectivity index (χ0v) is 14.9. The molecule has 0 amide bonds. The molecule has 0 radical (unpaired) electrons. The van der Waals surface area contributed by atoms with Crippen LogP contribution in [0.1, 0.15) is 72.6 Å². The van der Waals surface area contributed by atoms with Crippen molar-refractivity contribution >= 4 is 0 Å². The molecule has 0 unspecified atom stereocenters. The Morgan fingerprint density at radius 1 is 1.09 bits per heavy atom. The maximum absolute atomic E-state index is 11.5. The Morgan fingerprint density at radius 3 is 2.41 bits per heavy atom. The Labute approximate surface area is 136 Å². The quantitative estimate of drug-likeness (QED) is 0.709. The van der Waals surface area contributed by atoms with E-state index in [0.717, 1.165) is 25.7 Å². The molecule has 0 aliphatic heterocycles. The van der Waals surface area contributed by atoms with E-state index in [0.29, 0.717) is 18.3 Å². The first kappa shape index (κ1) is 16.5. The van der Waals surface area contributed by atoms with Crippen LogP contribution in [0, 0.1) is 28.1 Å². The lowest BCUT2D eigenvalue weighted by molar-refractivity contribution is -0.239. The van der Waals surface area contributed by atoms with Crippen LogP contribution in [0.3, 0.4) is 0 Å². The zero-order valence-electron chi connectivity index (χ0n) is 14.9. The highest BCUT2D eigenvalue weighted by Gasteiger charge is 2.64. The number of aliphatic hydroxyl groups excluding tert-OH is 1. The average molecular weight is 306 g/mol. The number of rotatable bonds is 1. The van der Waals surface area contributed by atoms with E-state index < -0.39 is 5.60 Å². The molecule has 2 N–H and O–H groups in total. The van der Waals surface area contributed by atoms with Crippen molar-refractivity contribution in [3.05, 3.63) is 12.7 Å². The smallest absolute Gasteiger partial charge is 0.0714 e. The van der Waals surface area contributed by atoms with Crippen LogP contribution in [0.25, 0.3) is 0 Å². The summed E-state index contributed by atoms with van der Waals surface area (Å²) < 4.78 is 0. The van der Waals surface area contributed by atoms with E-state index in [1.807, 2.05) is 6.08 Å². The van der Waals surface area contributed by atoms with Crippen molar-refractivity contribution in [1.29, 1.82) is 0 Å². The van der Waals surface area contributed by atoms with Gasteiger partial charge >= 0.3 is 0 Å². The van der Waals surface area contributed by atoms with Crippen LogP contribution in [0.4, 0.5) is 0 Å². The van der Waals surface area contributed by atoms with Crippen LogP contribution in [0.5, 0.6) is 0 Å². The molecule has 3 fully saturated rings. The van der Waals surface area contributed by atoms with Gasteiger partial charge < -0.3 is 10.2 Å². The van der Waals surface area contributed by atoms with Crippen LogP contribution in [-0.2, 0) is 0 Å². The van der Waals surface area contributed by atoms with Crippen LogP contribution in [-0.4, -0.2) is 21.9 Å². The molecular formula is C20H34O2. The topological polar surface area (TPSA) is 40.5 Å². The highest BCUT2D eigenvalue weighted by atomic mass is 16.3. The summed E-state index contributed by atoms with van der Waals surface area (Å²) in [5.74, 6) is 0.633. The van der Waals surface area contributed by atoms with Gasteiger partial charge in [0.25, 0.3) is 0 Å². The average Bonchev–Trinajstić information content (AvgIpc) is 2.35. The molecule has 3 saturated carbocycles. The van der Waals surface area contributed by atoms with E-state index in [-0.39, 0.29) is 22.3 Å². The predicted molar refractivity (Wildman–Crippen MR) is 90.4 cm³/mol. The van der Waals surface area contributed by atoms with E-state index in [4.69, 9.17) is 0 Å². The Bertz CT molecular complexity index is 470. The van der Waals surface area contributed by atoms with Crippen LogP contribution >= 0.6 is 0 Å². The molecule has 0 aromatic heterocycles. The Hall–Kier alpha value is -0.340. The summed E-state index contributed by atoms with van der Waals surface area (Å²) in [4.78, 5) is 0. The van der Waals surface area contributed by atoms with Gasteiger partial charge in [0, 0.05) is 6.42 Å². The van der Waals surface area contributed by atoms with E-state index in [1.54, 1.807) is 0 Å². The molecule has 0 aromatic rings. The SMILES string of the molecule is C=C[C@@]1(C)CC[C@H]2[C@@](O)(C[C@@H](O)[C@H]3C(C)(C)CCC[C@@]32C)C1. The molecular weight excluding hydrogens is 272 g/mol. The molecule has 3 rings (SSSR count). The van der Waals surface area contributed by atoms with Crippen molar-refractivity contribution in [2.75, 3.05) is 0 Å². The highest BCUT2D eigenvalue weighted by Crippen LogP contribution is 2.66. The minimum Gasteiger partial charge on any atom is -0.393 e. The van der Waals surface area contributed by atoms with Crippen molar-refractivity contribution in [2.45, 2.75) is 84.3 Å². The summed E-state index contributed by atoms with van der Waals surface area (Å²) in [5, 5.41) is 22.5. The van der Waals surface area contributed by atoms with Gasteiger partial charge in [0.05, 0.1) is 11.7 Å². The van der Waals surface area contributed by atoms with Gasteiger partial charge in [-0.15, -0.1) is 6.58 Å². The van der Waals surface area contributed by atoms with Crippen molar-refractivity contribution in [3.63, 3.8) is 0 Å². The highest BCUT2D eigenvalue weighted by molar-refractivity contribution is 5.16. The third-order valence-electron chi connectivity index (χ3n) is 7.69. The van der Waals surface area contributed by atoms with E-state index >= 15 is 0 Å². The molecule has 0 bridgehead atoms. The van der Waals surface area contributed by atoms with Gasteiger partial charge in [0.15, 0.2) is 0 Å². The molecule has 0 saturated heterocycles. The molecule has 2 nitrogen and oxygen atoms in total. The molecule has 22 heavy (non-hydrogen) atoms. The molecule has 2 heteroatoms. The van der Waals surface area contributed by atoms with Crippen LogP contribution in [0.15, 0.2) is 12.7 Å². The van der Waals surface area contributed by atoms with Gasteiger partial charge in [0.1, 0.15) is 0 Å². The second kappa shape index (κ2) is 4.83. The number of fused-ring (bicyclic) bond motifs is 3. The van der Waals surface area contributed by atoms with E-state index in [1.165, 1.54) is 12.8 Å². The Kier molecular flexibility index (Phi) is 3.63. The molecule has 126 valence electrons. The molecule has 3 aliphatic rings. The van der Waals surface area contributed by atoms with E-state index in [2.05, 4.69) is 34.3 Å². The third-order valence-corrected chi connectivity index (χ3v) is 7.69. The predicted octanol–water partition coefficient (Wildman–Crippen LogP) is 4.31. The normalized spacial score (nSPS) is 54.2. The first-order valence-electron chi connectivity index (χ1n) is 9.10. The lowest BCUT2D eigenvalue weighted by atomic mass is 9.41. The largest absolute Gasteiger partial charge is 0.393 e. The maximum atomic E-state index is 11.5. The summed E-state index contributed by atoms with van der Waals surface area (Å²) in [6.45, 7) is 13.2. The number of hydrogen-bond acceptors (Lipinski definition) is 2. The summed E-state index contributed by atoms with van der Waals surface area (Å²) in [6, 6.07) is 0.